The van der Waals surface area contributed by atoms with Gasteiger partial charge in [-0.3, -0.25) is 9.69 Å². The predicted molar refractivity (Wildman–Crippen MR) is 74.3 cm³/mol. The van der Waals surface area contributed by atoms with Crippen LogP contribution in [0.15, 0.2) is 0 Å². The van der Waals surface area contributed by atoms with Gasteiger partial charge in [-0.05, 0) is 26.0 Å². The molecule has 1 rings (SSSR count). The van der Waals surface area contributed by atoms with Crippen LogP contribution in [0.2, 0.25) is 0 Å². The van der Waals surface area contributed by atoms with E-state index in [-0.39, 0.29) is 16.7 Å². The van der Waals surface area contributed by atoms with Crippen LogP contribution in [0.5, 0.6) is 0 Å². The van der Waals surface area contributed by atoms with Crippen LogP contribution in [0.25, 0.3) is 0 Å². The fraction of sp³-hybridized carbons (Fsp3) is 0.917. The molecule has 0 aromatic heterocycles. The van der Waals surface area contributed by atoms with Gasteiger partial charge >= 0.3 is 0 Å². The lowest BCUT2D eigenvalue weighted by Gasteiger charge is -2.42. The summed E-state index contributed by atoms with van der Waals surface area (Å²) in [6.07, 6.45) is 4.29. The molecule has 4 nitrogen and oxygen atoms in total. The summed E-state index contributed by atoms with van der Waals surface area (Å²) in [5.74, 6) is 0.189. The summed E-state index contributed by atoms with van der Waals surface area (Å²) >= 11 is 1.87. The molecule has 0 spiro atoms. The molecule has 0 radical (unpaired) electrons. The highest BCUT2D eigenvalue weighted by atomic mass is 32.2. The van der Waals surface area contributed by atoms with Gasteiger partial charge in [-0.2, -0.15) is 11.8 Å². The Hall–Kier alpha value is -0.260. The Morgan fingerprint density at radius 1 is 1.47 bits per heavy atom. The van der Waals surface area contributed by atoms with Crippen LogP contribution in [0.3, 0.4) is 0 Å². The summed E-state index contributed by atoms with van der Waals surface area (Å²) in [6, 6.07) is -0.0115. The second-order valence-corrected chi connectivity index (χ2v) is 6.31. The van der Waals surface area contributed by atoms with E-state index in [1.165, 1.54) is 0 Å². The van der Waals surface area contributed by atoms with E-state index in [1.807, 2.05) is 32.8 Å². The quantitative estimate of drug-likeness (QED) is 0.804. The molecule has 1 unspecified atom stereocenters. The number of nitrogens with zero attached hydrogens (tertiary/aromatic N) is 2. The molecular formula is C12H25N3OS. The molecule has 1 aliphatic heterocycles. The second-order valence-electron chi connectivity index (χ2n) is 5.04. The Morgan fingerprint density at radius 3 is 2.35 bits per heavy atom. The van der Waals surface area contributed by atoms with Gasteiger partial charge in [0.2, 0.25) is 5.91 Å². The minimum atomic E-state index is -0.0115. The predicted octanol–water partition coefficient (Wildman–Crippen LogP) is 0.619. The number of piperidine rings is 1. The zero-order chi connectivity index (χ0) is 13.1. The van der Waals surface area contributed by atoms with Crippen LogP contribution < -0.4 is 5.73 Å². The topological polar surface area (TPSA) is 49.6 Å². The summed E-state index contributed by atoms with van der Waals surface area (Å²) in [7, 11) is 3.63. The molecule has 1 saturated heterocycles. The lowest BCUT2D eigenvalue weighted by Crippen LogP contribution is -2.52. The maximum absolute atomic E-state index is 11.9. The van der Waals surface area contributed by atoms with Gasteiger partial charge in [0.15, 0.2) is 0 Å². The van der Waals surface area contributed by atoms with Crippen molar-refractivity contribution < 1.29 is 4.79 Å². The molecule has 100 valence electrons. The van der Waals surface area contributed by atoms with E-state index in [4.69, 9.17) is 5.73 Å². The van der Waals surface area contributed by atoms with Crippen molar-refractivity contribution in [1.82, 2.24) is 9.80 Å². The number of carbonyl (C=O) groups is 1. The lowest BCUT2D eigenvalue weighted by molar-refractivity contribution is -0.134. The largest absolute Gasteiger partial charge is 0.347 e. The molecule has 1 fully saturated rings. The van der Waals surface area contributed by atoms with E-state index in [0.29, 0.717) is 0 Å². The standard InChI is InChI=1S/C12H25N3OS/c1-10(11(16)14(2)3)15-7-5-12(9-13,17-4)6-8-15/h10H,5-9,13H2,1-4H3. The zero-order valence-corrected chi connectivity index (χ0v) is 12.2. The van der Waals surface area contributed by atoms with Crippen LogP contribution in [-0.2, 0) is 4.79 Å². The fourth-order valence-corrected chi connectivity index (χ4v) is 3.10. The number of hydrogen-bond acceptors (Lipinski definition) is 4. The van der Waals surface area contributed by atoms with Gasteiger partial charge in [-0.25, -0.2) is 0 Å². The lowest BCUT2D eigenvalue weighted by atomic mass is 9.94. The monoisotopic (exact) mass is 259 g/mol. The molecule has 17 heavy (non-hydrogen) atoms. The number of thioether (sulfide) groups is 1. The molecule has 0 bridgehead atoms. The van der Waals surface area contributed by atoms with Gasteiger partial charge in [0.1, 0.15) is 0 Å². The number of likely N-dealkylation sites (tertiary alicyclic amines) is 1. The molecule has 0 aliphatic carbocycles. The molecular weight excluding hydrogens is 234 g/mol. The first kappa shape index (κ1) is 14.8. The molecule has 0 saturated carbocycles. The van der Waals surface area contributed by atoms with Gasteiger partial charge in [0.05, 0.1) is 6.04 Å². The van der Waals surface area contributed by atoms with Crippen molar-refractivity contribution in [3.63, 3.8) is 0 Å². The summed E-state index contributed by atoms with van der Waals surface area (Å²) in [4.78, 5) is 15.8. The molecule has 1 amide bonds. The van der Waals surface area contributed by atoms with Crippen LogP contribution in [0, 0.1) is 0 Å². The maximum atomic E-state index is 11.9. The van der Waals surface area contributed by atoms with Crippen LogP contribution >= 0.6 is 11.8 Å². The third-order valence-corrected chi connectivity index (χ3v) is 5.30. The summed E-state index contributed by atoms with van der Waals surface area (Å²) in [5, 5.41) is 0. The van der Waals surface area contributed by atoms with E-state index in [0.717, 1.165) is 32.5 Å². The highest BCUT2D eigenvalue weighted by molar-refractivity contribution is 8.00. The summed E-state index contributed by atoms with van der Waals surface area (Å²) < 4.78 is 0.234. The fourth-order valence-electron chi connectivity index (χ4n) is 2.34. The zero-order valence-electron chi connectivity index (χ0n) is 11.4. The molecule has 1 aliphatic rings. The first-order valence-corrected chi connectivity index (χ1v) is 7.38. The average Bonchev–Trinajstić information content (AvgIpc) is 2.37. The third kappa shape index (κ3) is 3.36. The normalized spacial score (nSPS) is 22.2. The van der Waals surface area contributed by atoms with E-state index in [2.05, 4.69) is 11.2 Å². The van der Waals surface area contributed by atoms with Gasteiger partial charge < -0.3 is 10.6 Å². The Bertz CT molecular complexity index is 256. The molecule has 2 N–H and O–H groups in total. The van der Waals surface area contributed by atoms with Gasteiger partial charge in [-0.1, -0.05) is 0 Å². The Morgan fingerprint density at radius 2 is 2.00 bits per heavy atom. The first-order valence-electron chi connectivity index (χ1n) is 6.16. The number of carbonyl (C=O) groups excluding carboxylic acids is 1. The van der Waals surface area contributed by atoms with Crippen molar-refractivity contribution >= 4 is 17.7 Å². The number of likely N-dealkylation sites (N-methyl/N-ethyl adjacent to an activating group) is 1. The van der Waals surface area contributed by atoms with E-state index in [1.54, 1.807) is 4.90 Å². The Balaban J connectivity index is 2.54. The third-order valence-electron chi connectivity index (χ3n) is 3.86. The van der Waals surface area contributed by atoms with E-state index < -0.39 is 0 Å². The Labute approximate surface area is 109 Å². The van der Waals surface area contributed by atoms with Crippen LogP contribution in [0.4, 0.5) is 0 Å². The minimum absolute atomic E-state index is 0.0115. The van der Waals surface area contributed by atoms with Crippen molar-refractivity contribution in [2.24, 2.45) is 5.73 Å². The highest BCUT2D eigenvalue weighted by Gasteiger charge is 2.35. The van der Waals surface area contributed by atoms with Crippen molar-refractivity contribution in [3.8, 4) is 0 Å². The minimum Gasteiger partial charge on any atom is -0.347 e. The number of rotatable bonds is 4. The van der Waals surface area contributed by atoms with Gasteiger partial charge in [-0.15, -0.1) is 0 Å². The molecule has 1 heterocycles. The summed E-state index contributed by atoms with van der Waals surface area (Å²) in [6.45, 7) is 4.67. The SMILES string of the molecule is CSC1(CN)CCN(C(C)C(=O)N(C)C)CC1. The number of amides is 1. The molecule has 1 atom stereocenters. The van der Waals surface area contributed by atoms with Crippen molar-refractivity contribution in [2.45, 2.75) is 30.6 Å². The number of hydrogen-bond donors (Lipinski definition) is 1. The molecule has 5 heteroatoms. The van der Waals surface area contributed by atoms with E-state index >= 15 is 0 Å². The van der Waals surface area contributed by atoms with Gasteiger partial charge in [0, 0.05) is 38.5 Å². The highest BCUT2D eigenvalue weighted by Crippen LogP contribution is 2.34. The smallest absolute Gasteiger partial charge is 0.239 e. The molecule has 0 aromatic rings. The second kappa shape index (κ2) is 6.07. The van der Waals surface area contributed by atoms with Crippen molar-refractivity contribution in [2.75, 3.05) is 40.0 Å². The van der Waals surface area contributed by atoms with E-state index in [9.17, 15) is 4.79 Å². The summed E-state index contributed by atoms with van der Waals surface area (Å²) in [5.41, 5.74) is 5.86. The maximum Gasteiger partial charge on any atom is 0.239 e. The molecule has 0 aromatic carbocycles. The van der Waals surface area contributed by atoms with Crippen LogP contribution in [0.1, 0.15) is 19.8 Å². The van der Waals surface area contributed by atoms with Crippen LogP contribution in [-0.4, -0.2) is 66.5 Å². The van der Waals surface area contributed by atoms with Crippen molar-refractivity contribution in [1.29, 1.82) is 0 Å². The average molecular weight is 259 g/mol. The number of nitrogens with two attached hydrogens (primary N) is 1. The van der Waals surface area contributed by atoms with Crippen molar-refractivity contribution in [3.05, 3.63) is 0 Å². The Kier molecular flexibility index (Phi) is 5.28. The first-order chi connectivity index (χ1) is 7.95. The van der Waals surface area contributed by atoms with Gasteiger partial charge in [0.25, 0.3) is 0 Å².